The molecular formula is C11H14F3NO3. The van der Waals surface area contributed by atoms with Gasteiger partial charge in [-0.1, -0.05) is 0 Å². The fraction of sp³-hybridized carbons (Fsp3) is 0.455. The molecule has 0 aliphatic rings. The maximum Gasteiger partial charge on any atom is 0.387 e. The predicted octanol–water partition coefficient (Wildman–Crippen LogP) is 2.42. The van der Waals surface area contributed by atoms with E-state index >= 15 is 0 Å². The van der Waals surface area contributed by atoms with Crippen molar-refractivity contribution in [1.82, 2.24) is 0 Å². The number of hydrogen-bond donors (Lipinski definition) is 1. The second-order valence-corrected chi connectivity index (χ2v) is 3.58. The van der Waals surface area contributed by atoms with Gasteiger partial charge in [0, 0.05) is 19.2 Å². The van der Waals surface area contributed by atoms with Gasteiger partial charge >= 0.3 is 6.61 Å². The zero-order chi connectivity index (χ0) is 13.7. The summed E-state index contributed by atoms with van der Waals surface area (Å²) in [6.45, 7) is -1.14. The van der Waals surface area contributed by atoms with Crippen LogP contribution < -0.4 is 15.2 Å². The van der Waals surface area contributed by atoms with Crippen molar-refractivity contribution in [3.8, 4) is 11.5 Å². The van der Waals surface area contributed by atoms with Crippen molar-refractivity contribution in [3.63, 3.8) is 0 Å². The SMILES string of the molecule is COCC(C)Oc1cc(OC(F)F)c(F)cc1N. The number of alkyl halides is 2. The Morgan fingerprint density at radius 1 is 1.22 bits per heavy atom. The molecule has 0 bridgehead atoms. The molecule has 1 rings (SSSR count). The first-order valence-electron chi connectivity index (χ1n) is 5.13. The lowest BCUT2D eigenvalue weighted by atomic mass is 10.2. The lowest BCUT2D eigenvalue weighted by Gasteiger charge is -2.16. The summed E-state index contributed by atoms with van der Waals surface area (Å²) >= 11 is 0. The number of anilines is 1. The van der Waals surface area contributed by atoms with Gasteiger partial charge in [-0.05, 0) is 6.92 Å². The quantitative estimate of drug-likeness (QED) is 0.802. The molecule has 0 aromatic heterocycles. The van der Waals surface area contributed by atoms with Crippen molar-refractivity contribution in [2.24, 2.45) is 0 Å². The van der Waals surface area contributed by atoms with Crippen molar-refractivity contribution in [2.45, 2.75) is 19.6 Å². The number of nitrogens with two attached hydrogens (primary N) is 1. The Bertz CT molecular complexity index is 401. The van der Waals surface area contributed by atoms with Crippen LogP contribution in [-0.2, 0) is 4.74 Å². The van der Waals surface area contributed by atoms with Crippen LogP contribution in [-0.4, -0.2) is 26.4 Å². The summed E-state index contributed by atoms with van der Waals surface area (Å²) in [4.78, 5) is 0. The first-order chi connectivity index (χ1) is 8.43. The van der Waals surface area contributed by atoms with Crippen LogP contribution in [0.25, 0.3) is 0 Å². The van der Waals surface area contributed by atoms with Crippen LogP contribution >= 0.6 is 0 Å². The highest BCUT2D eigenvalue weighted by molar-refractivity contribution is 5.56. The highest BCUT2D eigenvalue weighted by Crippen LogP contribution is 2.31. The van der Waals surface area contributed by atoms with Gasteiger partial charge in [-0.3, -0.25) is 0 Å². The minimum absolute atomic E-state index is 0.00271. The first kappa shape index (κ1) is 14.4. The summed E-state index contributed by atoms with van der Waals surface area (Å²) in [6, 6.07) is 1.86. The van der Waals surface area contributed by atoms with E-state index in [4.69, 9.17) is 15.2 Å². The second kappa shape index (κ2) is 6.34. The van der Waals surface area contributed by atoms with Gasteiger partial charge in [-0.2, -0.15) is 8.78 Å². The van der Waals surface area contributed by atoms with Gasteiger partial charge in [0.25, 0.3) is 0 Å². The van der Waals surface area contributed by atoms with Crippen molar-refractivity contribution in [2.75, 3.05) is 19.5 Å². The molecule has 0 saturated carbocycles. The van der Waals surface area contributed by atoms with E-state index in [0.29, 0.717) is 0 Å². The molecule has 0 aliphatic heterocycles. The summed E-state index contributed by atoms with van der Waals surface area (Å²) in [7, 11) is 1.49. The normalized spacial score (nSPS) is 12.6. The number of benzene rings is 1. The van der Waals surface area contributed by atoms with Crippen molar-refractivity contribution >= 4 is 5.69 Å². The molecule has 4 nitrogen and oxygen atoms in total. The van der Waals surface area contributed by atoms with Gasteiger partial charge < -0.3 is 19.9 Å². The lowest BCUT2D eigenvalue weighted by Crippen LogP contribution is -2.18. The third-order valence-electron chi connectivity index (χ3n) is 2.01. The van der Waals surface area contributed by atoms with Gasteiger partial charge in [0.1, 0.15) is 11.9 Å². The Balaban J connectivity index is 2.90. The average molecular weight is 265 g/mol. The van der Waals surface area contributed by atoms with Crippen LogP contribution in [0, 0.1) is 5.82 Å². The van der Waals surface area contributed by atoms with E-state index in [9.17, 15) is 13.2 Å². The van der Waals surface area contributed by atoms with Crippen LogP contribution in [0.1, 0.15) is 6.92 Å². The van der Waals surface area contributed by atoms with Gasteiger partial charge in [-0.25, -0.2) is 4.39 Å². The minimum atomic E-state index is -3.12. The fourth-order valence-electron chi connectivity index (χ4n) is 1.32. The maximum absolute atomic E-state index is 13.3. The number of ether oxygens (including phenoxy) is 3. The van der Waals surface area contributed by atoms with Crippen molar-refractivity contribution < 1.29 is 27.4 Å². The Morgan fingerprint density at radius 3 is 2.44 bits per heavy atom. The molecule has 0 amide bonds. The van der Waals surface area contributed by atoms with Crippen LogP contribution in [0.15, 0.2) is 12.1 Å². The summed E-state index contributed by atoms with van der Waals surface area (Å²) in [5.41, 5.74) is 5.51. The van der Waals surface area contributed by atoms with Gasteiger partial charge in [0.2, 0.25) is 0 Å². The summed E-state index contributed by atoms with van der Waals surface area (Å²) in [6.07, 6.45) is -0.359. The van der Waals surface area contributed by atoms with E-state index in [2.05, 4.69) is 4.74 Å². The molecule has 0 fully saturated rings. The second-order valence-electron chi connectivity index (χ2n) is 3.58. The molecule has 0 saturated heterocycles. The zero-order valence-corrected chi connectivity index (χ0v) is 9.95. The molecule has 102 valence electrons. The Morgan fingerprint density at radius 2 is 1.89 bits per heavy atom. The molecule has 2 N–H and O–H groups in total. The Labute approximate surface area is 102 Å². The van der Waals surface area contributed by atoms with E-state index in [1.54, 1.807) is 6.92 Å². The van der Waals surface area contributed by atoms with Crippen molar-refractivity contribution in [3.05, 3.63) is 17.9 Å². The summed E-state index contributed by atoms with van der Waals surface area (Å²) < 4.78 is 51.5. The van der Waals surface area contributed by atoms with E-state index in [-0.39, 0.29) is 24.1 Å². The predicted molar refractivity (Wildman–Crippen MR) is 59.4 cm³/mol. The fourth-order valence-corrected chi connectivity index (χ4v) is 1.32. The van der Waals surface area contributed by atoms with Crippen LogP contribution in [0.3, 0.4) is 0 Å². The minimum Gasteiger partial charge on any atom is -0.486 e. The molecule has 0 heterocycles. The van der Waals surface area contributed by atoms with Crippen LogP contribution in [0.2, 0.25) is 0 Å². The molecule has 1 aromatic carbocycles. The molecule has 1 atom stereocenters. The monoisotopic (exact) mass is 265 g/mol. The molecule has 1 aromatic rings. The van der Waals surface area contributed by atoms with Crippen molar-refractivity contribution in [1.29, 1.82) is 0 Å². The molecule has 7 heteroatoms. The highest BCUT2D eigenvalue weighted by Gasteiger charge is 2.15. The lowest BCUT2D eigenvalue weighted by molar-refractivity contribution is -0.0523. The summed E-state index contributed by atoms with van der Waals surface area (Å²) in [5.74, 6) is -1.52. The number of methoxy groups -OCH3 is 1. The maximum atomic E-state index is 13.3. The molecule has 0 aliphatic carbocycles. The Hall–Kier alpha value is -1.63. The molecule has 18 heavy (non-hydrogen) atoms. The largest absolute Gasteiger partial charge is 0.486 e. The highest BCUT2D eigenvalue weighted by atomic mass is 19.3. The number of nitrogen functional groups attached to an aromatic ring is 1. The first-order valence-corrected chi connectivity index (χ1v) is 5.13. The van der Waals surface area contributed by atoms with Crippen LogP contribution in [0.5, 0.6) is 11.5 Å². The standard InChI is InChI=1S/C11H14F3NO3/c1-6(5-16-2)17-10-4-9(18-11(13)14)7(12)3-8(10)15/h3-4,6,11H,5,15H2,1-2H3. The topological polar surface area (TPSA) is 53.7 Å². The smallest absolute Gasteiger partial charge is 0.387 e. The van der Waals surface area contributed by atoms with E-state index in [0.717, 1.165) is 12.1 Å². The number of halogens is 3. The van der Waals surface area contributed by atoms with E-state index in [1.165, 1.54) is 7.11 Å². The summed E-state index contributed by atoms with van der Waals surface area (Å²) in [5, 5.41) is 0. The third kappa shape index (κ3) is 3.99. The third-order valence-corrected chi connectivity index (χ3v) is 2.01. The van der Waals surface area contributed by atoms with Gasteiger partial charge in [0.15, 0.2) is 11.6 Å². The zero-order valence-electron chi connectivity index (χ0n) is 9.95. The van der Waals surface area contributed by atoms with E-state index in [1.807, 2.05) is 0 Å². The molecular weight excluding hydrogens is 251 g/mol. The molecule has 0 radical (unpaired) electrons. The van der Waals surface area contributed by atoms with Crippen LogP contribution in [0.4, 0.5) is 18.9 Å². The average Bonchev–Trinajstić information content (AvgIpc) is 2.24. The van der Waals surface area contributed by atoms with E-state index < -0.39 is 18.2 Å². The van der Waals surface area contributed by atoms with Gasteiger partial charge in [-0.15, -0.1) is 0 Å². The number of rotatable bonds is 6. The van der Waals surface area contributed by atoms with Gasteiger partial charge in [0.05, 0.1) is 12.3 Å². The number of hydrogen-bond acceptors (Lipinski definition) is 4. The molecule has 1 unspecified atom stereocenters. The Kier molecular flexibility index (Phi) is 5.08. The molecule has 0 spiro atoms.